The molecule has 0 spiro atoms. The number of hydrogen-bond acceptors (Lipinski definition) is 4. The SMILES string of the molecule is Cc1c(-c2c(Cl)cc(C(N)=O)c3[nH]c4cc(C(C)(C)O)ccc4c23)cccc1N1C(=O)C2C=C(F)C=CC2=[N+](C)C1=O. The van der Waals surface area contributed by atoms with Crippen LogP contribution in [0, 0.1) is 12.8 Å². The van der Waals surface area contributed by atoms with E-state index in [0.29, 0.717) is 50.1 Å². The zero-order chi connectivity index (χ0) is 30.2. The first-order chi connectivity index (χ1) is 19.8. The lowest BCUT2D eigenvalue weighted by molar-refractivity contribution is -0.393. The predicted molar refractivity (Wildman–Crippen MR) is 161 cm³/mol. The van der Waals surface area contributed by atoms with Crippen LogP contribution in [0.5, 0.6) is 0 Å². The Morgan fingerprint density at radius 2 is 1.90 bits per heavy atom. The fraction of sp³-hybridized carbons (Fsp3) is 0.188. The van der Waals surface area contributed by atoms with Crippen LogP contribution < -0.4 is 10.6 Å². The van der Waals surface area contributed by atoms with Crippen LogP contribution in [-0.2, 0) is 10.4 Å². The zero-order valence-electron chi connectivity index (χ0n) is 23.3. The molecule has 1 aliphatic heterocycles. The number of aliphatic hydroxyl groups is 1. The second-order valence-electron chi connectivity index (χ2n) is 11.1. The third-order valence-corrected chi connectivity index (χ3v) is 8.32. The van der Waals surface area contributed by atoms with E-state index in [4.69, 9.17) is 17.3 Å². The van der Waals surface area contributed by atoms with E-state index < -0.39 is 35.2 Å². The van der Waals surface area contributed by atoms with Gasteiger partial charge in [0, 0.05) is 32.4 Å². The van der Waals surface area contributed by atoms with Crippen molar-refractivity contribution in [3.63, 3.8) is 0 Å². The van der Waals surface area contributed by atoms with Gasteiger partial charge in [-0.05, 0) is 68.3 Å². The maximum Gasteiger partial charge on any atom is 0.505 e. The molecule has 3 aromatic carbocycles. The molecule has 1 atom stereocenters. The number of primary amides is 1. The molecule has 0 radical (unpaired) electrons. The Balaban J connectivity index is 1.61. The summed E-state index contributed by atoms with van der Waals surface area (Å²) >= 11 is 6.87. The highest BCUT2D eigenvalue weighted by molar-refractivity contribution is 6.38. The molecule has 0 saturated heterocycles. The molecule has 0 saturated carbocycles. The van der Waals surface area contributed by atoms with Gasteiger partial charge < -0.3 is 15.8 Å². The van der Waals surface area contributed by atoms with E-state index in [9.17, 15) is 23.9 Å². The van der Waals surface area contributed by atoms with Gasteiger partial charge in [-0.15, -0.1) is 4.90 Å². The maximum absolute atomic E-state index is 14.1. The first kappa shape index (κ1) is 27.6. The molecular weight excluding hydrogens is 559 g/mol. The first-order valence-corrected chi connectivity index (χ1v) is 13.6. The number of imide groups is 1. The van der Waals surface area contributed by atoms with Crippen molar-refractivity contribution < 1.29 is 28.5 Å². The monoisotopic (exact) mass is 585 g/mol. The summed E-state index contributed by atoms with van der Waals surface area (Å²) in [7, 11) is 1.54. The van der Waals surface area contributed by atoms with Gasteiger partial charge in [-0.3, -0.25) is 4.79 Å². The minimum absolute atomic E-state index is 0.193. The molecule has 1 unspecified atom stereocenters. The highest BCUT2D eigenvalue weighted by atomic mass is 35.5. The van der Waals surface area contributed by atoms with E-state index >= 15 is 0 Å². The molecule has 1 aromatic heterocycles. The van der Waals surface area contributed by atoms with E-state index in [1.165, 1.54) is 28.9 Å². The lowest BCUT2D eigenvalue weighted by Gasteiger charge is -2.26. The van der Waals surface area contributed by atoms with E-state index in [1.54, 1.807) is 52.1 Å². The van der Waals surface area contributed by atoms with Crippen molar-refractivity contribution in [1.82, 2.24) is 4.98 Å². The number of anilines is 1. The van der Waals surface area contributed by atoms with Gasteiger partial charge in [0.05, 0.1) is 23.7 Å². The highest BCUT2D eigenvalue weighted by Gasteiger charge is 2.48. The van der Waals surface area contributed by atoms with Gasteiger partial charge in [0.1, 0.15) is 23.1 Å². The fourth-order valence-electron chi connectivity index (χ4n) is 5.83. The second-order valence-corrected chi connectivity index (χ2v) is 11.5. The van der Waals surface area contributed by atoms with Gasteiger partial charge in [-0.1, -0.05) is 35.9 Å². The third kappa shape index (κ3) is 4.07. The summed E-state index contributed by atoms with van der Waals surface area (Å²) in [4.78, 5) is 43.9. The Bertz CT molecular complexity index is 2000. The number of nitrogens with zero attached hydrogens (tertiary/aromatic N) is 2. The van der Waals surface area contributed by atoms with Crippen molar-refractivity contribution in [1.29, 1.82) is 0 Å². The van der Waals surface area contributed by atoms with E-state index in [1.807, 2.05) is 12.1 Å². The van der Waals surface area contributed by atoms with Gasteiger partial charge in [0.2, 0.25) is 0 Å². The number of allylic oxidation sites excluding steroid dienone is 3. The minimum Gasteiger partial charge on any atom is -0.386 e. The molecule has 10 heteroatoms. The summed E-state index contributed by atoms with van der Waals surface area (Å²) in [6, 6.07) is 11.5. The molecule has 4 amide bonds. The van der Waals surface area contributed by atoms with Gasteiger partial charge in [0.15, 0.2) is 0 Å². The Labute approximate surface area is 245 Å². The standard InChI is InChI=1S/C32H26ClFN4O4/c1-15-18(6-5-7-24(15)38-30(40)20-13-17(34)9-11-25(20)37(4)31(38)41)26-22(33)14-21(29(35)39)28-27(26)19-10-8-16(32(2,3)42)12-23(19)36-28/h5-14,20,42H,1-4H3,(H2-,35,36,39)/p+1. The highest BCUT2D eigenvalue weighted by Crippen LogP contribution is 2.44. The van der Waals surface area contributed by atoms with E-state index in [0.717, 1.165) is 10.3 Å². The van der Waals surface area contributed by atoms with Gasteiger partial charge in [0.25, 0.3) is 5.91 Å². The number of nitrogens with one attached hydrogen (secondary N) is 1. The number of H-pyrrole nitrogens is 1. The van der Waals surface area contributed by atoms with Crippen LogP contribution in [0.4, 0.5) is 14.9 Å². The summed E-state index contributed by atoms with van der Waals surface area (Å²) in [5.41, 5.74) is 9.10. The zero-order valence-corrected chi connectivity index (χ0v) is 24.0. The predicted octanol–water partition coefficient (Wildman–Crippen LogP) is 5.87. The van der Waals surface area contributed by atoms with Gasteiger partial charge >= 0.3 is 11.9 Å². The van der Waals surface area contributed by atoms with Crippen LogP contribution >= 0.6 is 11.6 Å². The number of rotatable bonds is 4. The number of fused-ring (bicyclic) bond motifs is 4. The van der Waals surface area contributed by atoms with Crippen molar-refractivity contribution in [2.24, 2.45) is 11.7 Å². The number of urea groups is 1. The molecule has 8 nitrogen and oxygen atoms in total. The van der Waals surface area contributed by atoms with Crippen molar-refractivity contribution in [2.75, 3.05) is 11.9 Å². The molecule has 212 valence electrons. The van der Waals surface area contributed by atoms with Crippen molar-refractivity contribution in [3.05, 3.63) is 88.2 Å². The molecule has 0 bridgehead atoms. The molecule has 1 aliphatic carbocycles. The smallest absolute Gasteiger partial charge is 0.386 e. The van der Waals surface area contributed by atoms with Crippen LogP contribution in [0.15, 0.2) is 66.5 Å². The van der Waals surface area contributed by atoms with Crippen molar-refractivity contribution in [3.8, 4) is 11.1 Å². The molecule has 42 heavy (non-hydrogen) atoms. The Morgan fingerprint density at radius 3 is 2.60 bits per heavy atom. The fourth-order valence-corrected chi connectivity index (χ4v) is 6.13. The van der Waals surface area contributed by atoms with Crippen molar-refractivity contribution in [2.45, 2.75) is 26.4 Å². The third-order valence-electron chi connectivity index (χ3n) is 8.02. The Morgan fingerprint density at radius 1 is 1.17 bits per heavy atom. The molecular formula is C32H27ClFN4O4+. The topological polar surface area (TPSA) is 120 Å². The number of benzene rings is 3. The number of aromatic nitrogens is 1. The van der Waals surface area contributed by atoms with Crippen LogP contribution in [-0.4, -0.2) is 45.3 Å². The number of aromatic amines is 1. The van der Waals surface area contributed by atoms with E-state index in [-0.39, 0.29) is 10.6 Å². The van der Waals surface area contributed by atoms with Crippen molar-refractivity contribution >= 4 is 62.7 Å². The Kier molecular flexibility index (Phi) is 6.22. The maximum atomic E-state index is 14.1. The van der Waals surface area contributed by atoms with Gasteiger partial charge in [-0.2, -0.15) is 9.37 Å². The second kappa shape index (κ2) is 9.47. The molecule has 6 rings (SSSR count). The summed E-state index contributed by atoms with van der Waals surface area (Å²) in [5.74, 6) is -2.75. The first-order valence-electron chi connectivity index (χ1n) is 13.2. The van der Waals surface area contributed by atoms with Gasteiger partial charge in [-0.25, -0.2) is 9.18 Å². The summed E-state index contributed by atoms with van der Waals surface area (Å²) < 4.78 is 15.5. The molecule has 2 heterocycles. The van der Waals surface area contributed by atoms with Crippen LogP contribution in [0.2, 0.25) is 5.02 Å². The summed E-state index contributed by atoms with van der Waals surface area (Å²) in [6.45, 7) is 5.13. The minimum atomic E-state index is -1.10. The molecule has 4 aromatic rings. The number of nitrogens with two attached hydrogens (primary N) is 1. The Hall–Kier alpha value is -4.60. The number of amides is 4. The summed E-state index contributed by atoms with van der Waals surface area (Å²) in [6.07, 6.45) is 3.86. The van der Waals surface area contributed by atoms with Crippen LogP contribution in [0.3, 0.4) is 0 Å². The normalized spacial score (nSPS) is 17.4. The van der Waals surface area contributed by atoms with Crippen LogP contribution in [0.1, 0.15) is 35.3 Å². The molecule has 4 N–H and O–H groups in total. The lowest BCUT2D eigenvalue weighted by Crippen LogP contribution is -2.54. The molecule has 2 aliphatic rings. The molecule has 0 fully saturated rings. The number of halogens is 2. The van der Waals surface area contributed by atoms with Crippen LogP contribution in [0.25, 0.3) is 32.9 Å². The average Bonchev–Trinajstić information content (AvgIpc) is 3.31. The summed E-state index contributed by atoms with van der Waals surface area (Å²) in [5, 5.41) is 12.2. The van der Waals surface area contributed by atoms with E-state index in [2.05, 4.69) is 4.98 Å². The number of hydrogen-bond donors (Lipinski definition) is 3. The largest absolute Gasteiger partial charge is 0.505 e. The number of carbonyl (C=O) groups is 3. The lowest BCUT2D eigenvalue weighted by atomic mass is 9.91. The average molecular weight is 586 g/mol. The number of carbonyl (C=O) groups excluding carboxylic acids is 3. The quantitative estimate of drug-likeness (QED) is 0.260.